The van der Waals surface area contributed by atoms with Crippen molar-refractivity contribution in [3.8, 4) is 0 Å². The molecule has 0 amide bonds. The Bertz CT molecular complexity index is 466. The lowest BCUT2D eigenvalue weighted by Gasteiger charge is -2.25. The van der Waals surface area contributed by atoms with Gasteiger partial charge in [-0.1, -0.05) is 0 Å². The predicted molar refractivity (Wildman–Crippen MR) is 72.0 cm³/mol. The maximum absolute atomic E-state index is 10.8. The van der Waals surface area contributed by atoms with Crippen LogP contribution >= 0.6 is 0 Å². The fourth-order valence-electron chi connectivity index (χ4n) is 2.54. The van der Waals surface area contributed by atoms with Gasteiger partial charge in [-0.05, 0) is 25.7 Å². The minimum Gasteiger partial charge on any atom is -0.396 e. The highest BCUT2D eigenvalue weighted by molar-refractivity contribution is 5.55. The number of nitro groups is 1. The molecule has 1 aliphatic rings. The van der Waals surface area contributed by atoms with Crippen molar-refractivity contribution in [3.05, 3.63) is 22.2 Å². The Hall–Kier alpha value is -1.89. The number of hydrogen-bond acceptors (Lipinski definition) is 6. The quantitative estimate of drug-likeness (QED) is 0.615. The summed E-state index contributed by atoms with van der Waals surface area (Å²) in [5.74, 6) is 0.726. The van der Waals surface area contributed by atoms with Gasteiger partial charge in [-0.3, -0.25) is 10.1 Å². The lowest BCUT2D eigenvalue weighted by molar-refractivity contribution is -0.384. The van der Waals surface area contributed by atoms with E-state index in [1.165, 1.54) is 12.1 Å². The summed E-state index contributed by atoms with van der Waals surface area (Å²) >= 11 is 0. The molecule has 1 atom stereocenters. The molecule has 1 unspecified atom stereocenters. The number of aromatic nitrogens is 1. The molecule has 0 spiro atoms. The minimum atomic E-state index is -0.458. The third kappa shape index (κ3) is 3.11. The van der Waals surface area contributed by atoms with E-state index >= 15 is 0 Å². The van der Waals surface area contributed by atoms with Gasteiger partial charge >= 0.3 is 0 Å². The molecule has 104 valence electrons. The second kappa shape index (κ2) is 5.83. The normalized spacial score (nSPS) is 18.8. The van der Waals surface area contributed by atoms with Crippen molar-refractivity contribution in [2.45, 2.75) is 31.7 Å². The lowest BCUT2D eigenvalue weighted by Crippen LogP contribution is -2.30. The van der Waals surface area contributed by atoms with Gasteiger partial charge in [0.15, 0.2) is 0 Å². The molecule has 3 N–H and O–H groups in total. The van der Waals surface area contributed by atoms with E-state index in [1.54, 1.807) is 0 Å². The molecule has 2 rings (SSSR count). The second-order valence-corrected chi connectivity index (χ2v) is 4.72. The summed E-state index contributed by atoms with van der Waals surface area (Å²) in [6, 6.07) is 3.01. The number of nitrogens with two attached hydrogens (primary N) is 1. The zero-order valence-electron chi connectivity index (χ0n) is 10.7. The van der Waals surface area contributed by atoms with Crippen LogP contribution in [0.3, 0.4) is 0 Å². The van der Waals surface area contributed by atoms with Gasteiger partial charge in [-0.25, -0.2) is 4.98 Å². The van der Waals surface area contributed by atoms with Gasteiger partial charge in [0.2, 0.25) is 0 Å². The topological polar surface area (TPSA) is 106 Å². The predicted octanol–water partition coefficient (Wildman–Crippen LogP) is 1.31. The van der Waals surface area contributed by atoms with Crippen LogP contribution in [0.1, 0.15) is 25.7 Å². The fourth-order valence-corrected chi connectivity index (χ4v) is 2.54. The zero-order chi connectivity index (χ0) is 13.8. The highest BCUT2D eigenvalue weighted by Crippen LogP contribution is 2.29. The summed E-state index contributed by atoms with van der Waals surface area (Å²) < 4.78 is 0. The van der Waals surface area contributed by atoms with E-state index in [0.717, 1.165) is 32.2 Å². The van der Waals surface area contributed by atoms with Crippen molar-refractivity contribution in [3.63, 3.8) is 0 Å². The van der Waals surface area contributed by atoms with E-state index in [4.69, 9.17) is 10.8 Å². The van der Waals surface area contributed by atoms with Gasteiger partial charge in [0, 0.05) is 19.2 Å². The molecule has 1 aliphatic heterocycles. The van der Waals surface area contributed by atoms with Gasteiger partial charge in [0.05, 0.1) is 17.1 Å². The van der Waals surface area contributed by atoms with Crippen molar-refractivity contribution in [2.75, 3.05) is 23.8 Å². The molecule has 1 aromatic rings. The van der Waals surface area contributed by atoms with Crippen LogP contribution in [0, 0.1) is 10.1 Å². The summed E-state index contributed by atoms with van der Waals surface area (Å²) in [5.41, 5.74) is 5.60. The first-order valence-electron chi connectivity index (χ1n) is 6.41. The standard InChI is InChI=1S/C12H18N4O3/c13-11-7-10(16(18)19)8-12(14-11)15-5-1-3-9(15)4-2-6-17/h7-9,17H,1-6H2,(H2,13,14). The average Bonchev–Trinajstić information content (AvgIpc) is 2.83. The summed E-state index contributed by atoms with van der Waals surface area (Å²) in [7, 11) is 0. The van der Waals surface area contributed by atoms with Crippen LogP contribution in [0.2, 0.25) is 0 Å². The molecular formula is C12H18N4O3. The molecule has 7 heteroatoms. The number of rotatable bonds is 5. The summed E-state index contributed by atoms with van der Waals surface area (Å²) in [6.07, 6.45) is 3.64. The van der Waals surface area contributed by atoms with Crippen molar-refractivity contribution in [2.24, 2.45) is 0 Å². The van der Waals surface area contributed by atoms with Crippen LogP contribution in [-0.2, 0) is 0 Å². The Morgan fingerprint density at radius 2 is 2.37 bits per heavy atom. The number of pyridine rings is 1. The molecular weight excluding hydrogens is 248 g/mol. The van der Waals surface area contributed by atoms with Crippen molar-refractivity contribution in [1.29, 1.82) is 0 Å². The van der Waals surface area contributed by atoms with Crippen LogP contribution in [-0.4, -0.2) is 34.2 Å². The molecule has 0 aliphatic carbocycles. The monoisotopic (exact) mass is 266 g/mol. The van der Waals surface area contributed by atoms with Crippen LogP contribution in [0.4, 0.5) is 17.3 Å². The molecule has 2 heterocycles. The van der Waals surface area contributed by atoms with Gasteiger partial charge in [0.1, 0.15) is 11.6 Å². The molecule has 1 saturated heterocycles. The maximum Gasteiger partial charge on any atom is 0.276 e. The summed E-state index contributed by atoms with van der Waals surface area (Å²) in [5, 5.41) is 19.7. The van der Waals surface area contributed by atoms with E-state index in [0.29, 0.717) is 5.82 Å². The molecule has 1 aromatic heterocycles. The van der Waals surface area contributed by atoms with Crippen molar-refractivity contribution in [1.82, 2.24) is 4.98 Å². The third-order valence-electron chi connectivity index (χ3n) is 3.39. The third-order valence-corrected chi connectivity index (χ3v) is 3.39. The Morgan fingerprint density at radius 1 is 1.58 bits per heavy atom. The molecule has 1 fully saturated rings. The molecule has 7 nitrogen and oxygen atoms in total. The first kappa shape index (κ1) is 13.5. The molecule has 0 aromatic carbocycles. The summed E-state index contributed by atoms with van der Waals surface area (Å²) in [6.45, 7) is 0.985. The van der Waals surface area contributed by atoms with E-state index in [9.17, 15) is 10.1 Å². The van der Waals surface area contributed by atoms with Crippen LogP contribution < -0.4 is 10.6 Å². The molecule has 0 bridgehead atoms. The van der Waals surface area contributed by atoms with Crippen molar-refractivity contribution >= 4 is 17.3 Å². The number of hydrogen-bond donors (Lipinski definition) is 2. The Kier molecular flexibility index (Phi) is 4.16. The molecule has 19 heavy (non-hydrogen) atoms. The zero-order valence-corrected chi connectivity index (χ0v) is 10.7. The van der Waals surface area contributed by atoms with Gasteiger partial charge in [0.25, 0.3) is 5.69 Å². The smallest absolute Gasteiger partial charge is 0.276 e. The highest BCUT2D eigenvalue weighted by atomic mass is 16.6. The minimum absolute atomic E-state index is 0.0321. The maximum atomic E-state index is 10.8. The van der Waals surface area contributed by atoms with E-state index < -0.39 is 4.92 Å². The van der Waals surface area contributed by atoms with Crippen molar-refractivity contribution < 1.29 is 10.0 Å². The highest BCUT2D eigenvalue weighted by Gasteiger charge is 2.26. The second-order valence-electron chi connectivity index (χ2n) is 4.72. The van der Waals surface area contributed by atoms with E-state index in [2.05, 4.69) is 9.88 Å². The first-order chi connectivity index (χ1) is 9.11. The van der Waals surface area contributed by atoms with Gasteiger partial charge in [-0.15, -0.1) is 0 Å². The van der Waals surface area contributed by atoms with Crippen LogP contribution in [0.25, 0.3) is 0 Å². The van der Waals surface area contributed by atoms with Gasteiger partial charge < -0.3 is 15.7 Å². The molecule has 0 radical (unpaired) electrons. The largest absolute Gasteiger partial charge is 0.396 e. The lowest BCUT2D eigenvalue weighted by atomic mass is 10.1. The number of aliphatic hydroxyl groups is 1. The fraction of sp³-hybridized carbons (Fsp3) is 0.583. The Morgan fingerprint density at radius 3 is 3.05 bits per heavy atom. The van der Waals surface area contributed by atoms with Gasteiger partial charge in [-0.2, -0.15) is 0 Å². The molecule has 0 saturated carbocycles. The Balaban J connectivity index is 2.22. The van der Waals surface area contributed by atoms with Crippen LogP contribution in [0.5, 0.6) is 0 Å². The summed E-state index contributed by atoms with van der Waals surface area (Å²) in [4.78, 5) is 16.6. The SMILES string of the molecule is Nc1cc([N+](=O)[O-])cc(N2CCCC2CCCO)n1. The first-order valence-corrected chi connectivity index (χ1v) is 6.41. The van der Waals surface area contributed by atoms with E-state index in [-0.39, 0.29) is 24.2 Å². The number of nitrogen functional groups attached to an aromatic ring is 1. The Labute approximate surface area is 111 Å². The number of nitrogens with zero attached hydrogens (tertiary/aromatic N) is 3. The van der Waals surface area contributed by atoms with Crippen LogP contribution in [0.15, 0.2) is 12.1 Å². The number of anilines is 2. The average molecular weight is 266 g/mol. The number of aliphatic hydroxyl groups excluding tert-OH is 1. The van der Waals surface area contributed by atoms with E-state index in [1.807, 2.05) is 0 Å².